The fourth-order valence-electron chi connectivity index (χ4n) is 2.16. The molecule has 0 spiro atoms. The van der Waals surface area contributed by atoms with E-state index < -0.39 is 11.8 Å². The second kappa shape index (κ2) is 8.03. The summed E-state index contributed by atoms with van der Waals surface area (Å²) in [5.74, 6) is -0.342. The molecule has 0 saturated carbocycles. The highest BCUT2D eigenvalue weighted by atomic mass is 16.5. The van der Waals surface area contributed by atoms with Gasteiger partial charge in [-0.1, -0.05) is 12.1 Å². The van der Waals surface area contributed by atoms with Crippen molar-refractivity contribution in [1.29, 1.82) is 0 Å². The minimum absolute atomic E-state index is 0.155. The number of carbonyl (C=O) groups is 2. The van der Waals surface area contributed by atoms with E-state index in [1.807, 2.05) is 31.2 Å². The molecule has 0 fully saturated rings. The van der Waals surface area contributed by atoms with E-state index in [9.17, 15) is 9.59 Å². The number of rotatable bonds is 8. The molecule has 0 radical (unpaired) electrons. The average Bonchev–Trinajstić information content (AvgIpc) is 3.07. The zero-order chi connectivity index (χ0) is 16.7. The van der Waals surface area contributed by atoms with E-state index in [1.54, 1.807) is 12.1 Å². The number of hydrogen-bond acceptors (Lipinski definition) is 4. The second-order valence-electron chi connectivity index (χ2n) is 5.07. The Morgan fingerprint density at radius 3 is 2.57 bits per heavy atom. The van der Waals surface area contributed by atoms with E-state index in [-0.39, 0.29) is 18.2 Å². The van der Waals surface area contributed by atoms with Crippen LogP contribution in [0.5, 0.6) is 5.75 Å². The standard InChI is InChI=1S/C17H20N2O4/c1-2-22-14-7-5-12(6-8-14)10-13(16(18)20)11-19-17(21)15-4-3-9-23-15/h3-9,13H,2,10-11H2,1H3,(H2,18,20)(H,19,21)/t13-/m1/s1. The maximum atomic E-state index is 11.8. The van der Waals surface area contributed by atoms with Gasteiger partial charge in [-0.15, -0.1) is 0 Å². The largest absolute Gasteiger partial charge is 0.494 e. The van der Waals surface area contributed by atoms with E-state index in [0.29, 0.717) is 13.0 Å². The van der Waals surface area contributed by atoms with Gasteiger partial charge in [0.15, 0.2) is 5.76 Å². The summed E-state index contributed by atoms with van der Waals surface area (Å²) in [7, 11) is 0. The molecule has 6 nitrogen and oxygen atoms in total. The first kappa shape index (κ1) is 16.6. The molecule has 1 atom stereocenters. The molecule has 1 aromatic carbocycles. The van der Waals surface area contributed by atoms with Gasteiger partial charge in [0.05, 0.1) is 18.8 Å². The monoisotopic (exact) mass is 316 g/mol. The van der Waals surface area contributed by atoms with Crippen molar-refractivity contribution in [2.45, 2.75) is 13.3 Å². The molecule has 23 heavy (non-hydrogen) atoms. The number of furan rings is 1. The molecule has 0 unspecified atom stereocenters. The SMILES string of the molecule is CCOc1ccc(C[C@H](CNC(=O)c2ccco2)C(N)=O)cc1. The molecule has 1 heterocycles. The molecular weight excluding hydrogens is 296 g/mol. The molecular formula is C17H20N2O4. The number of carbonyl (C=O) groups excluding carboxylic acids is 2. The molecule has 122 valence electrons. The molecule has 0 bridgehead atoms. The third kappa shape index (κ3) is 4.88. The van der Waals surface area contributed by atoms with Crippen LogP contribution in [0.25, 0.3) is 0 Å². The quantitative estimate of drug-likeness (QED) is 0.775. The molecule has 2 amide bonds. The molecule has 0 aliphatic heterocycles. The van der Waals surface area contributed by atoms with Gasteiger partial charge in [-0.25, -0.2) is 0 Å². The lowest BCUT2D eigenvalue weighted by molar-refractivity contribution is -0.121. The minimum Gasteiger partial charge on any atom is -0.494 e. The first-order valence-corrected chi connectivity index (χ1v) is 7.43. The zero-order valence-electron chi connectivity index (χ0n) is 13.0. The van der Waals surface area contributed by atoms with Gasteiger partial charge in [0.2, 0.25) is 5.91 Å². The fourth-order valence-corrected chi connectivity index (χ4v) is 2.16. The van der Waals surface area contributed by atoms with Crippen LogP contribution in [0.1, 0.15) is 23.0 Å². The number of nitrogens with one attached hydrogen (secondary N) is 1. The number of ether oxygens (including phenoxy) is 1. The van der Waals surface area contributed by atoms with E-state index in [4.69, 9.17) is 14.9 Å². The second-order valence-corrected chi connectivity index (χ2v) is 5.07. The highest BCUT2D eigenvalue weighted by Gasteiger charge is 2.18. The Balaban J connectivity index is 1.93. The van der Waals surface area contributed by atoms with Crippen LogP contribution in [-0.4, -0.2) is 25.0 Å². The Kier molecular flexibility index (Phi) is 5.80. The molecule has 0 aliphatic rings. The summed E-state index contributed by atoms with van der Waals surface area (Å²) < 4.78 is 10.4. The van der Waals surface area contributed by atoms with Crippen LogP contribution in [0.2, 0.25) is 0 Å². The van der Waals surface area contributed by atoms with Crippen molar-refractivity contribution in [3.05, 3.63) is 54.0 Å². The van der Waals surface area contributed by atoms with Crippen LogP contribution in [0.15, 0.2) is 47.1 Å². The van der Waals surface area contributed by atoms with Crippen molar-refractivity contribution in [1.82, 2.24) is 5.32 Å². The van der Waals surface area contributed by atoms with Crippen molar-refractivity contribution in [3.8, 4) is 5.75 Å². The van der Waals surface area contributed by atoms with Gasteiger partial charge in [0, 0.05) is 6.54 Å². The number of hydrogen-bond donors (Lipinski definition) is 2. The summed E-state index contributed by atoms with van der Waals surface area (Å²) in [5, 5.41) is 2.66. The first-order valence-electron chi connectivity index (χ1n) is 7.43. The lowest BCUT2D eigenvalue weighted by atomic mass is 9.98. The summed E-state index contributed by atoms with van der Waals surface area (Å²) in [4.78, 5) is 23.4. The molecule has 2 aromatic rings. The van der Waals surface area contributed by atoms with Crippen LogP contribution in [0, 0.1) is 5.92 Å². The van der Waals surface area contributed by atoms with E-state index in [2.05, 4.69) is 5.32 Å². The fraction of sp³-hybridized carbons (Fsp3) is 0.294. The summed E-state index contributed by atoms with van der Waals surface area (Å²) in [6.45, 7) is 2.67. The Morgan fingerprint density at radius 1 is 1.26 bits per heavy atom. The lowest BCUT2D eigenvalue weighted by Gasteiger charge is -2.14. The first-order chi connectivity index (χ1) is 11.1. The van der Waals surface area contributed by atoms with Gasteiger partial charge < -0.3 is 20.2 Å². The van der Waals surface area contributed by atoms with Crippen LogP contribution >= 0.6 is 0 Å². The normalized spacial score (nSPS) is 11.7. The van der Waals surface area contributed by atoms with Crippen LogP contribution < -0.4 is 15.8 Å². The maximum Gasteiger partial charge on any atom is 0.287 e. The van der Waals surface area contributed by atoms with Gasteiger partial charge in [-0.05, 0) is 43.2 Å². The predicted molar refractivity (Wildman–Crippen MR) is 85.0 cm³/mol. The van der Waals surface area contributed by atoms with Gasteiger partial charge in [-0.2, -0.15) is 0 Å². The van der Waals surface area contributed by atoms with Crippen LogP contribution in [0.3, 0.4) is 0 Å². The molecule has 6 heteroatoms. The van der Waals surface area contributed by atoms with Gasteiger partial charge in [0.1, 0.15) is 5.75 Å². The Bertz CT molecular complexity index is 635. The van der Waals surface area contributed by atoms with Gasteiger partial charge in [-0.3, -0.25) is 9.59 Å². The molecule has 0 aliphatic carbocycles. The highest BCUT2D eigenvalue weighted by molar-refractivity contribution is 5.91. The lowest BCUT2D eigenvalue weighted by Crippen LogP contribution is -2.37. The number of benzene rings is 1. The smallest absolute Gasteiger partial charge is 0.287 e. The Labute approximate surface area is 134 Å². The summed E-state index contributed by atoms with van der Waals surface area (Å²) >= 11 is 0. The van der Waals surface area contributed by atoms with E-state index in [1.165, 1.54) is 6.26 Å². The van der Waals surface area contributed by atoms with Crippen molar-refractivity contribution in [2.24, 2.45) is 11.7 Å². The average molecular weight is 316 g/mol. The minimum atomic E-state index is -0.494. The molecule has 3 N–H and O–H groups in total. The van der Waals surface area contributed by atoms with Crippen LogP contribution in [-0.2, 0) is 11.2 Å². The molecule has 0 saturated heterocycles. The summed E-state index contributed by atoms with van der Waals surface area (Å²) in [6.07, 6.45) is 1.86. The van der Waals surface area contributed by atoms with Gasteiger partial charge >= 0.3 is 0 Å². The summed E-state index contributed by atoms with van der Waals surface area (Å²) in [5.41, 5.74) is 6.38. The summed E-state index contributed by atoms with van der Waals surface area (Å²) in [6, 6.07) is 10.6. The number of amides is 2. The third-order valence-corrected chi connectivity index (χ3v) is 3.37. The maximum absolute atomic E-state index is 11.8. The van der Waals surface area contributed by atoms with E-state index >= 15 is 0 Å². The number of nitrogens with two attached hydrogens (primary N) is 1. The van der Waals surface area contributed by atoms with Crippen molar-refractivity contribution < 1.29 is 18.7 Å². The molecule has 1 aromatic heterocycles. The third-order valence-electron chi connectivity index (χ3n) is 3.37. The Morgan fingerprint density at radius 2 is 2.00 bits per heavy atom. The number of primary amides is 1. The Hall–Kier alpha value is -2.76. The van der Waals surface area contributed by atoms with Crippen molar-refractivity contribution >= 4 is 11.8 Å². The van der Waals surface area contributed by atoms with E-state index in [0.717, 1.165) is 11.3 Å². The van der Waals surface area contributed by atoms with Gasteiger partial charge in [0.25, 0.3) is 5.91 Å². The van der Waals surface area contributed by atoms with Crippen molar-refractivity contribution in [3.63, 3.8) is 0 Å². The zero-order valence-corrected chi connectivity index (χ0v) is 13.0. The highest BCUT2D eigenvalue weighted by Crippen LogP contribution is 2.15. The molecule has 2 rings (SSSR count). The van der Waals surface area contributed by atoms with Crippen molar-refractivity contribution in [2.75, 3.05) is 13.2 Å². The van der Waals surface area contributed by atoms with Crippen LogP contribution in [0.4, 0.5) is 0 Å². The topological polar surface area (TPSA) is 94.6 Å². The predicted octanol–water partition coefficient (Wildman–Crippen LogP) is 1.75.